The van der Waals surface area contributed by atoms with Gasteiger partial charge in [0.25, 0.3) is 0 Å². The fraction of sp³-hybridized carbons (Fsp3) is 0.458. The van der Waals surface area contributed by atoms with E-state index in [4.69, 9.17) is 25.8 Å². The van der Waals surface area contributed by atoms with Gasteiger partial charge in [-0.25, -0.2) is 24.4 Å². The van der Waals surface area contributed by atoms with Gasteiger partial charge >= 0.3 is 6.09 Å². The van der Waals surface area contributed by atoms with Gasteiger partial charge in [-0.1, -0.05) is 11.6 Å². The number of aromatic nitrogens is 5. The minimum absolute atomic E-state index is 0.0359. The predicted octanol–water partition coefficient (Wildman–Crippen LogP) is 3.39. The normalized spacial score (nSPS) is 23.3. The second-order valence-corrected chi connectivity index (χ2v) is 9.82. The van der Waals surface area contributed by atoms with E-state index in [9.17, 15) is 4.79 Å². The summed E-state index contributed by atoms with van der Waals surface area (Å²) in [5, 5.41) is 7.93. The van der Waals surface area contributed by atoms with Crippen LogP contribution in [0.25, 0.3) is 5.69 Å². The van der Waals surface area contributed by atoms with Gasteiger partial charge in [-0.3, -0.25) is 0 Å². The van der Waals surface area contributed by atoms with Gasteiger partial charge in [0.15, 0.2) is 0 Å². The summed E-state index contributed by atoms with van der Waals surface area (Å²) >= 11 is 6.53. The van der Waals surface area contributed by atoms with Crippen LogP contribution in [-0.4, -0.2) is 74.2 Å². The van der Waals surface area contributed by atoms with Crippen LogP contribution in [0.1, 0.15) is 18.4 Å². The van der Waals surface area contributed by atoms with Gasteiger partial charge < -0.3 is 24.4 Å². The molecule has 1 saturated carbocycles. The van der Waals surface area contributed by atoms with Crippen LogP contribution in [0.5, 0.6) is 5.88 Å². The number of carbonyl (C=O) groups excluding carboxylic acids is 1. The fourth-order valence-electron chi connectivity index (χ4n) is 4.67. The number of piperidine rings is 1. The first-order valence-corrected chi connectivity index (χ1v) is 12.4. The summed E-state index contributed by atoms with van der Waals surface area (Å²) < 4.78 is 19.4. The van der Waals surface area contributed by atoms with E-state index in [1.807, 2.05) is 19.1 Å². The summed E-state index contributed by atoms with van der Waals surface area (Å²) in [6.07, 6.45) is 6.21. The van der Waals surface area contributed by atoms with Crippen LogP contribution >= 0.6 is 11.6 Å². The molecule has 36 heavy (non-hydrogen) atoms. The number of likely N-dealkylation sites (tertiary alicyclic amines) is 1. The molecule has 12 heteroatoms. The number of benzene rings is 1. The number of rotatable bonds is 6. The number of ether oxygens (including phenoxy) is 3. The van der Waals surface area contributed by atoms with Gasteiger partial charge in [0.05, 0.1) is 35.2 Å². The second kappa shape index (κ2) is 9.55. The Morgan fingerprint density at radius 2 is 1.97 bits per heavy atom. The van der Waals surface area contributed by atoms with Gasteiger partial charge in [0.2, 0.25) is 5.88 Å². The highest BCUT2D eigenvalue weighted by molar-refractivity contribution is 6.33. The number of halogens is 1. The van der Waals surface area contributed by atoms with Gasteiger partial charge in [-0.2, -0.15) is 5.10 Å². The highest BCUT2D eigenvalue weighted by Crippen LogP contribution is 2.35. The third-order valence-corrected chi connectivity index (χ3v) is 7.04. The van der Waals surface area contributed by atoms with Crippen molar-refractivity contribution in [3.63, 3.8) is 0 Å². The Labute approximate surface area is 212 Å². The Morgan fingerprint density at radius 3 is 2.67 bits per heavy atom. The van der Waals surface area contributed by atoms with E-state index in [0.717, 1.165) is 24.1 Å². The maximum atomic E-state index is 12.5. The highest BCUT2D eigenvalue weighted by atomic mass is 35.5. The third kappa shape index (κ3) is 4.68. The molecule has 2 unspecified atom stereocenters. The van der Waals surface area contributed by atoms with E-state index < -0.39 is 0 Å². The number of amides is 1. The average Bonchev–Trinajstić information content (AvgIpc) is 3.50. The average molecular weight is 512 g/mol. The van der Waals surface area contributed by atoms with Crippen LogP contribution in [0.2, 0.25) is 5.02 Å². The molecule has 4 heterocycles. The maximum absolute atomic E-state index is 12.5. The van der Waals surface area contributed by atoms with E-state index in [0.29, 0.717) is 48.7 Å². The lowest BCUT2D eigenvalue weighted by molar-refractivity contribution is -0.110. The molecular formula is C24H26ClN7O4. The number of anilines is 2. The number of nitrogens with one attached hydrogen (secondary N) is 1. The number of carbonyl (C=O) groups is 1. The van der Waals surface area contributed by atoms with E-state index in [1.54, 1.807) is 22.0 Å². The summed E-state index contributed by atoms with van der Waals surface area (Å²) in [5.41, 5.74) is 2.26. The molecule has 2 bridgehead atoms. The number of hydrogen-bond acceptors (Lipinski definition) is 9. The zero-order valence-electron chi connectivity index (χ0n) is 19.7. The van der Waals surface area contributed by atoms with Gasteiger partial charge in [-0.15, -0.1) is 0 Å². The molecule has 2 saturated heterocycles. The van der Waals surface area contributed by atoms with Gasteiger partial charge in [0.1, 0.15) is 37.0 Å². The molecule has 1 aliphatic carbocycles. The van der Waals surface area contributed by atoms with E-state index >= 15 is 0 Å². The quantitative estimate of drug-likeness (QED) is 0.531. The molecule has 0 spiro atoms. The summed E-state index contributed by atoms with van der Waals surface area (Å²) in [6.45, 7) is 4.03. The molecule has 2 aliphatic heterocycles. The van der Waals surface area contributed by atoms with Crippen LogP contribution in [-0.2, 0) is 9.47 Å². The van der Waals surface area contributed by atoms with Crippen molar-refractivity contribution in [1.29, 1.82) is 0 Å². The number of hydrogen-bond donors (Lipinski definition) is 1. The second-order valence-electron chi connectivity index (χ2n) is 9.41. The molecule has 0 radical (unpaired) electrons. The van der Waals surface area contributed by atoms with Crippen LogP contribution in [0.4, 0.5) is 16.3 Å². The van der Waals surface area contributed by atoms with Crippen LogP contribution < -0.4 is 10.1 Å². The first-order valence-electron chi connectivity index (χ1n) is 12.0. The summed E-state index contributed by atoms with van der Waals surface area (Å²) in [6, 6.07) is 5.55. The molecule has 1 N–H and O–H groups in total. The first kappa shape index (κ1) is 23.0. The lowest BCUT2D eigenvalue weighted by Crippen LogP contribution is -2.58. The molecule has 3 aliphatic rings. The Hall–Kier alpha value is -3.44. The van der Waals surface area contributed by atoms with Crippen LogP contribution in [0.3, 0.4) is 0 Å². The summed E-state index contributed by atoms with van der Waals surface area (Å²) in [5.74, 6) is 1.17. The molecule has 1 aromatic carbocycles. The summed E-state index contributed by atoms with van der Waals surface area (Å²) in [4.78, 5) is 27.1. The maximum Gasteiger partial charge on any atom is 0.410 e. The first-order chi connectivity index (χ1) is 17.5. The van der Waals surface area contributed by atoms with Crippen molar-refractivity contribution in [3.8, 4) is 11.6 Å². The molecule has 2 atom stereocenters. The van der Waals surface area contributed by atoms with Crippen molar-refractivity contribution in [2.75, 3.05) is 31.6 Å². The van der Waals surface area contributed by atoms with Crippen molar-refractivity contribution >= 4 is 29.2 Å². The zero-order chi connectivity index (χ0) is 24.6. The van der Waals surface area contributed by atoms with Crippen molar-refractivity contribution in [3.05, 3.63) is 47.8 Å². The fourth-order valence-corrected chi connectivity index (χ4v) is 4.89. The Bertz CT molecular complexity index is 1240. The molecule has 6 rings (SSSR count). The highest BCUT2D eigenvalue weighted by Gasteiger charge is 2.45. The monoisotopic (exact) mass is 511 g/mol. The number of nitrogens with zero attached hydrogens (tertiary/aromatic N) is 6. The lowest BCUT2D eigenvalue weighted by atomic mass is 9.84. The molecule has 1 amide bonds. The van der Waals surface area contributed by atoms with Crippen LogP contribution in [0, 0.1) is 18.8 Å². The smallest absolute Gasteiger partial charge is 0.410 e. The van der Waals surface area contributed by atoms with Gasteiger partial charge in [-0.05, 0) is 38.0 Å². The molecule has 188 valence electrons. The van der Waals surface area contributed by atoms with Crippen molar-refractivity contribution < 1.29 is 19.0 Å². The molecule has 2 aromatic heterocycles. The Balaban J connectivity index is 1.16. The predicted molar refractivity (Wildman–Crippen MR) is 130 cm³/mol. The van der Waals surface area contributed by atoms with E-state index in [1.165, 1.54) is 12.7 Å². The molecule has 3 aromatic rings. The van der Waals surface area contributed by atoms with Crippen molar-refractivity contribution in [2.24, 2.45) is 11.8 Å². The van der Waals surface area contributed by atoms with Crippen molar-refractivity contribution in [2.45, 2.75) is 32.0 Å². The molecule has 3 fully saturated rings. The standard InChI is InChI=1S/C24H26ClN7O4/c1-14-22(30-20-5-2-17(6-19(20)25)32-13-26-11-29-32)27-12-28-23(14)36-21-15-7-31(8-16(21)10-34-9-15)24(33)35-18-3-4-18/h2,5-6,11-13,15-16,18,21H,3-4,7-10H2,1H3,(H,27,28,30). The molecular weight excluding hydrogens is 486 g/mol. The zero-order valence-corrected chi connectivity index (χ0v) is 20.5. The summed E-state index contributed by atoms with van der Waals surface area (Å²) in [7, 11) is 0. The van der Waals surface area contributed by atoms with E-state index in [2.05, 4.69) is 25.4 Å². The topological polar surface area (TPSA) is 117 Å². The third-order valence-electron chi connectivity index (χ3n) is 6.73. The SMILES string of the molecule is Cc1c(Nc2ccc(-n3cncn3)cc2Cl)ncnc1OC1C2COCC1CN(C(=O)OC1CC1)C2. The van der Waals surface area contributed by atoms with Crippen LogP contribution in [0.15, 0.2) is 37.2 Å². The lowest BCUT2D eigenvalue weighted by Gasteiger charge is -2.45. The minimum Gasteiger partial charge on any atom is -0.473 e. The largest absolute Gasteiger partial charge is 0.473 e. The Kier molecular flexibility index (Phi) is 6.10. The minimum atomic E-state index is -0.232. The Morgan fingerprint density at radius 1 is 1.17 bits per heavy atom. The van der Waals surface area contributed by atoms with Crippen molar-refractivity contribution in [1.82, 2.24) is 29.6 Å². The van der Waals surface area contributed by atoms with Gasteiger partial charge in [0, 0.05) is 24.9 Å². The molecule has 11 nitrogen and oxygen atoms in total. The van der Waals surface area contributed by atoms with E-state index in [-0.39, 0.29) is 30.1 Å². The number of fused-ring (bicyclic) bond motifs is 2.